The molecule has 4 aromatic rings. The third-order valence-corrected chi connectivity index (χ3v) is 9.06. The minimum absolute atomic E-state index is 0.175. The van der Waals surface area contributed by atoms with E-state index in [4.69, 9.17) is 9.47 Å². The molecule has 2 heterocycles. The summed E-state index contributed by atoms with van der Waals surface area (Å²) < 4.78 is 11.5. The Morgan fingerprint density at radius 1 is 0.810 bits per heavy atom. The van der Waals surface area contributed by atoms with Gasteiger partial charge in [0.05, 0.1) is 20.3 Å². The smallest absolute Gasteiger partial charge is 0.185 e. The quantitative estimate of drug-likeness (QED) is 0.212. The molecule has 0 amide bonds. The van der Waals surface area contributed by atoms with E-state index in [2.05, 4.69) is 6.07 Å². The number of hydrogen-bond acceptors (Lipinski definition) is 6. The summed E-state index contributed by atoms with van der Waals surface area (Å²) in [5, 5.41) is 0. The van der Waals surface area contributed by atoms with Crippen LogP contribution in [-0.2, 0) is 0 Å². The van der Waals surface area contributed by atoms with Crippen LogP contribution in [0.2, 0.25) is 0 Å². The van der Waals surface area contributed by atoms with Crippen LogP contribution in [0.25, 0.3) is 6.08 Å². The number of ketones is 3. The number of rotatable bonds is 5. The highest BCUT2D eigenvalue weighted by molar-refractivity contribution is 6.32. The SMILES string of the molecule is COc1ccc(OC)c([C@H]2[C@@H](C(=O)c3ccccc3)N3c4ccc(C)cc4C=C[C@H]3C23C(=O)c2ccccc2C3=O)c1. The van der Waals surface area contributed by atoms with Gasteiger partial charge in [-0.2, -0.15) is 0 Å². The second kappa shape index (κ2) is 9.55. The highest BCUT2D eigenvalue weighted by Gasteiger charge is 2.72. The molecule has 1 aliphatic carbocycles. The summed E-state index contributed by atoms with van der Waals surface area (Å²) in [4.78, 5) is 46.5. The Bertz CT molecular complexity index is 1770. The van der Waals surface area contributed by atoms with E-state index in [1.54, 1.807) is 68.8 Å². The Morgan fingerprint density at radius 2 is 1.50 bits per heavy atom. The zero-order valence-corrected chi connectivity index (χ0v) is 23.5. The first-order valence-electron chi connectivity index (χ1n) is 14.0. The minimum atomic E-state index is -1.61. The van der Waals surface area contributed by atoms with Crippen molar-refractivity contribution in [2.75, 3.05) is 19.1 Å². The molecule has 6 nitrogen and oxygen atoms in total. The zero-order valence-electron chi connectivity index (χ0n) is 23.5. The lowest BCUT2D eigenvalue weighted by molar-refractivity contribution is 0.0664. The Hall–Kier alpha value is -4.97. The van der Waals surface area contributed by atoms with E-state index in [0.29, 0.717) is 33.8 Å². The van der Waals surface area contributed by atoms with Crippen LogP contribution in [0.4, 0.5) is 5.69 Å². The number of carbonyl (C=O) groups is 3. The highest BCUT2D eigenvalue weighted by atomic mass is 16.5. The van der Waals surface area contributed by atoms with Gasteiger partial charge in [0.1, 0.15) is 23.0 Å². The average Bonchev–Trinajstić information content (AvgIpc) is 3.46. The Morgan fingerprint density at radius 3 is 2.17 bits per heavy atom. The topological polar surface area (TPSA) is 72.9 Å². The second-order valence-electron chi connectivity index (χ2n) is 11.1. The van der Waals surface area contributed by atoms with Crippen LogP contribution < -0.4 is 14.4 Å². The zero-order chi connectivity index (χ0) is 29.2. The van der Waals surface area contributed by atoms with Gasteiger partial charge in [-0.15, -0.1) is 0 Å². The monoisotopic (exact) mass is 555 g/mol. The molecule has 0 unspecified atom stereocenters. The Balaban J connectivity index is 1.59. The van der Waals surface area contributed by atoms with Crippen molar-refractivity contribution < 1.29 is 23.9 Å². The molecular weight excluding hydrogens is 526 g/mol. The number of methoxy groups -OCH3 is 2. The fraction of sp³-hybridized carbons (Fsp3) is 0.194. The van der Waals surface area contributed by atoms with Gasteiger partial charge in [0, 0.05) is 33.9 Å². The lowest BCUT2D eigenvalue weighted by Crippen LogP contribution is -2.48. The molecule has 7 rings (SSSR count). The van der Waals surface area contributed by atoms with E-state index in [1.165, 1.54) is 0 Å². The largest absolute Gasteiger partial charge is 0.497 e. The third kappa shape index (κ3) is 3.41. The molecule has 3 atom stereocenters. The fourth-order valence-electron chi connectivity index (χ4n) is 7.30. The summed E-state index contributed by atoms with van der Waals surface area (Å²) in [5.74, 6) is -0.599. The van der Waals surface area contributed by atoms with E-state index < -0.39 is 23.4 Å². The number of anilines is 1. The minimum Gasteiger partial charge on any atom is -0.497 e. The van der Waals surface area contributed by atoms with Gasteiger partial charge in [0.25, 0.3) is 0 Å². The van der Waals surface area contributed by atoms with Gasteiger partial charge < -0.3 is 14.4 Å². The molecule has 2 aliphatic heterocycles. The van der Waals surface area contributed by atoms with Gasteiger partial charge in [-0.05, 0) is 42.8 Å². The number of benzene rings is 4. The predicted molar refractivity (Wildman–Crippen MR) is 161 cm³/mol. The molecule has 42 heavy (non-hydrogen) atoms. The van der Waals surface area contributed by atoms with Crippen LogP contribution in [0, 0.1) is 12.3 Å². The Kier molecular flexibility index (Phi) is 5.91. The number of ether oxygens (including phenoxy) is 2. The maximum atomic E-state index is 14.8. The summed E-state index contributed by atoms with van der Waals surface area (Å²) in [5.41, 5.74) is 3.04. The number of fused-ring (bicyclic) bond motifs is 5. The van der Waals surface area contributed by atoms with Crippen LogP contribution in [0.1, 0.15) is 53.7 Å². The van der Waals surface area contributed by atoms with Gasteiger partial charge in [0.15, 0.2) is 17.3 Å². The lowest BCUT2D eigenvalue weighted by atomic mass is 9.64. The van der Waals surface area contributed by atoms with Gasteiger partial charge in [-0.1, -0.05) is 78.4 Å². The highest BCUT2D eigenvalue weighted by Crippen LogP contribution is 2.62. The molecule has 1 saturated heterocycles. The molecule has 1 spiro atoms. The number of nitrogens with zero attached hydrogens (tertiary/aromatic N) is 1. The van der Waals surface area contributed by atoms with Crippen LogP contribution in [0.5, 0.6) is 11.5 Å². The van der Waals surface area contributed by atoms with E-state index in [1.807, 2.05) is 54.3 Å². The molecule has 4 aromatic carbocycles. The van der Waals surface area contributed by atoms with E-state index in [0.717, 1.165) is 16.8 Å². The maximum Gasteiger partial charge on any atom is 0.185 e. The number of carbonyl (C=O) groups excluding carboxylic acids is 3. The van der Waals surface area contributed by atoms with Crippen LogP contribution in [-0.4, -0.2) is 43.7 Å². The van der Waals surface area contributed by atoms with E-state index in [9.17, 15) is 14.4 Å². The van der Waals surface area contributed by atoms with Crippen molar-refractivity contribution in [2.45, 2.75) is 24.9 Å². The van der Waals surface area contributed by atoms with Crippen LogP contribution in [0.15, 0.2) is 97.1 Å². The normalized spacial score (nSPS) is 21.2. The van der Waals surface area contributed by atoms with Crippen molar-refractivity contribution in [1.82, 2.24) is 0 Å². The van der Waals surface area contributed by atoms with Crippen LogP contribution in [0.3, 0.4) is 0 Å². The van der Waals surface area contributed by atoms with Gasteiger partial charge in [-0.3, -0.25) is 14.4 Å². The molecule has 0 bridgehead atoms. The van der Waals surface area contributed by atoms with Gasteiger partial charge in [-0.25, -0.2) is 0 Å². The molecule has 6 heteroatoms. The van der Waals surface area contributed by atoms with E-state index >= 15 is 0 Å². The van der Waals surface area contributed by atoms with Crippen molar-refractivity contribution >= 4 is 29.1 Å². The molecule has 1 fully saturated rings. The maximum absolute atomic E-state index is 14.8. The molecule has 0 saturated carbocycles. The van der Waals surface area contributed by atoms with Crippen molar-refractivity contribution in [1.29, 1.82) is 0 Å². The molecule has 0 N–H and O–H groups in total. The summed E-state index contributed by atoms with van der Waals surface area (Å²) in [6.07, 6.45) is 3.91. The van der Waals surface area contributed by atoms with Crippen molar-refractivity contribution in [3.05, 3.63) is 130 Å². The first-order valence-corrected chi connectivity index (χ1v) is 14.0. The first kappa shape index (κ1) is 26.0. The van der Waals surface area contributed by atoms with Gasteiger partial charge >= 0.3 is 0 Å². The number of hydrogen-bond donors (Lipinski definition) is 0. The summed E-state index contributed by atoms with van der Waals surface area (Å²) in [6, 6.07) is 25.8. The standard InChI is InChI=1S/C36H29NO5/c1-21-13-16-28-23(19-21)14-18-30-36(34(39)25-11-7-8-12-26(25)35(36)40)31(27-20-24(41-2)15-17-29(27)42-3)32(37(28)30)33(38)22-9-5-4-6-10-22/h4-20,30-32H,1-3H3/t30-,31-,32-/m0/s1. The third-order valence-electron chi connectivity index (χ3n) is 9.06. The van der Waals surface area contributed by atoms with E-state index in [-0.39, 0.29) is 17.3 Å². The summed E-state index contributed by atoms with van der Waals surface area (Å²) in [7, 11) is 3.12. The molecule has 0 aromatic heterocycles. The Labute approximate surface area is 244 Å². The fourth-order valence-corrected chi connectivity index (χ4v) is 7.30. The average molecular weight is 556 g/mol. The van der Waals surface area contributed by atoms with Crippen LogP contribution >= 0.6 is 0 Å². The molecule has 0 radical (unpaired) electrons. The molecule has 208 valence electrons. The van der Waals surface area contributed by atoms with Crippen molar-refractivity contribution in [3.63, 3.8) is 0 Å². The van der Waals surface area contributed by atoms with Crippen molar-refractivity contribution in [3.8, 4) is 11.5 Å². The molecular formula is C36H29NO5. The lowest BCUT2D eigenvalue weighted by Gasteiger charge is -2.37. The summed E-state index contributed by atoms with van der Waals surface area (Å²) in [6.45, 7) is 2.02. The number of aryl methyl sites for hydroxylation is 1. The van der Waals surface area contributed by atoms with Gasteiger partial charge in [0.2, 0.25) is 0 Å². The number of Topliss-reactive ketones (excluding diaryl/α,β-unsaturated/α-hetero) is 3. The molecule has 3 aliphatic rings. The first-order chi connectivity index (χ1) is 20.4. The summed E-state index contributed by atoms with van der Waals surface area (Å²) >= 11 is 0. The predicted octanol–water partition coefficient (Wildman–Crippen LogP) is 6.33. The van der Waals surface area contributed by atoms with Crippen molar-refractivity contribution in [2.24, 2.45) is 5.41 Å². The second-order valence-corrected chi connectivity index (χ2v) is 11.1.